The van der Waals surface area contributed by atoms with Crippen LogP contribution in [0.5, 0.6) is 5.75 Å². The normalized spacial score (nSPS) is 17.4. The minimum absolute atomic E-state index is 0.0803. The Balaban J connectivity index is 2.01. The molecule has 0 aliphatic heterocycles. The number of furan rings is 1. The van der Waals surface area contributed by atoms with Crippen LogP contribution in [0.3, 0.4) is 0 Å². The Labute approximate surface area is 107 Å². The average molecular weight is 248 g/mol. The first-order valence-electron chi connectivity index (χ1n) is 6.84. The van der Waals surface area contributed by atoms with Crippen LogP contribution in [0, 0.1) is 12.8 Å². The first-order chi connectivity index (χ1) is 9.38. The van der Waals surface area contributed by atoms with Gasteiger partial charge in [0.15, 0.2) is 0 Å². The molecule has 0 unspecified atom stereocenters. The molecule has 1 aliphatic rings. The summed E-state index contributed by atoms with van der Waals surface area (Å²) in [4.78, 5) is 11.2. The number of ether oxygens (including phenoxy) is 1. The lowest BCUT2D eigenvalue weighted by atomic mass is 10.1. The standard InChI is InChI=1S/C14H14O4/c1-8-13(14(15)16)11-6-10(4-5-12(11)18-8)17-7-9-2-3-9/h4-6,9H,2-3,7H2,1H3,(H,15,16)/i7D2. The van der Waals surface area contributed by atoms with E-state index in [1.807, 2.05) is 0 Å². The van der Waals surface area contributed by atoms with E-state index in [0.29, 0.717) is 22.5 Å². The summed E-state index contributed by atoms with van der Waals surface area (Å²) in [6, 6.07) is 4.72. The largest absolute Gasteiger partial charge is 0.493 e. The Morgan fingerprint density at radius 1 is 1.61 bits per heavy atom. The molecule has 0 saturated heterocycles. The molecule has 4 nitrogen and oxygen atoms in total. The van der Waals surface area contributed by atoms with Gasteiger partial charge in [0.1, 0.15) is 22.7 Å². The van der Waals surface area contributed by atoms with Gasteiger partial charge in [0, 0.05) is 5.39 Å². The Hall–Kier alpha value is -1.97. The molecule has 0 bridgehead atoms. The molecule has 1 heterocycles. The number of carboxylic acids is 1. The second kappa shape index (κ2) is 4.05. The van der Waals surface area contributed by atoms with Gasteiger partial charge in [0.05, 0.1) is 9.30 Å². The topological polar surface area (TPSA) is 59.7 Å². The number of fused-ring (bicyclic) bond motifs is 1. The van der Waals surface area contributed by atoms with Crippen LogP contribution in [-0.4, -0.2) is 17.6 Å². The fourth-order valence-corrected chi connectivity index (χ4v) is 1.88. The fourth-order valence-electron chi connectivity index (χ4n) is 1.88. The molecule has 4 heteroatoms. The monoisotopic (exact) mass is 248 g/mol. The van der Waals surface area contributed by atoms with Gasteiger partial charge in [-0.15, -0.1) is 0 Å². The number of aryl methyl sites for hydroxylation is 1. The molecule has 0 radical (unpaired) electrons. The van der Waals surface area contributed by atoms with E-state index < -0.39 is 12.5 Å². The molecule has 2 aromatic rings. The van der Waals surface area contributed by atoms with Gasteiger partial charge in [-0.2, -0.15) is 0 Å². The zero-order valence-electron chi connectivity index (χ0n) is 11.9. The van der Waals surface area contributed by atoms with Gasteiger partial charge in [-0.1, -0.05) is 0 Å². The van der Waals surface area contributed by atoms with Crippen molar-refractivity contribution in [2.75, 3.05) is 6.56 Å². The lowest BCUT2D eigenvalue weighted by Crippen LogP contribution is -1.99. The Bertz CT molecular complexity index is 686. The van der Waals surface area contributed by atoms with Crippen LogP contribution >= 0.6 is 0 Å². The highest BCUT2D eigenvalue weighted by Crippen LogP contribution is 2.32. The van der Waals surface area contributed by atoms with Gasteiger partial charge >= 0.3 is 5.97 Å². The second-order valence-corrected chi connectivity index (χ2v) is 4.49. The third-order valence-electron chi connectivity index (χ3n) is 2.97. The van der Waals surface area contributed by atoms with Crippen molar-refractivity contribution in [3.8, 4) is 5.75 Å². The molecule has 1 aromatic carbocycles. The van der Waals surface area contributed by atoms with Crippen molar-refractivity contribution in [1.82, 2.24) is 0 Å². The summed E-state index contributed by atoms with van der Waals surface area (Å²) in [5.41, 5.74) is 0.552. The Morgan fingerprint density at radius 2 is 2.39 bits per heavy atom. The van der Waals surface area contributed by atoms with Gasteiger partial charge in [-0.05, 0) is 43.9 Å². The van der Waals surface area contributed by atoms with E-state index in [0.717, 1.165) is 12.8 Å². The van der Waals surface area contributed by atoms with Crippen LogP contribution in [0.4, 0.5) is 0 Å². The second-order valence-electron chi connectivity index (χ2n) is 4.49. The molecule has 18 heavy (non-hydrogen) atoms. The maximum absolute atomic E-state index is 11.2. The van der Waals surface area contributed by atoms with Crippen molar-refractivity contribution in [1.29, 1.82) is 0 Å². The summed E-state index contributed by atoms with van der Waals surface area (Å²) in [6.45, 7) is -0.122. The fraction of sp³-hybridized carbons (Fsp3) is 0.357. The number of carboxylic acid groups (broad SMARTS) is 1. The van der Waals surface area contributed by atoms with Crippen molar-refractivity contribution in [2.24, 2.45) is 5.92 Å². The van der Waals surface area contributed by atoms with Gasteiger partial charge in [-0.3, -0.25) is 0 Å². The first kappa shape index (κ1) is 9.03. The van der Waals surface area contributed by atoms with E-state index in [4.69, 9.17) is 11.9 Å². The highest BCUT2D eigenvalue weighted by molar-refractivity contribution is 6.03. The molecule has 1 N–H and O–H groups in total. The average Bonchev–Trinajstić information content (AvgIpc) is 3.12. The number of hydrogen-bond donors (Lipinski definition) is 1. The Kier molecular flexibility index (Phi) is 2.03. The quantitative estimate of drug-likeness (QED) is 0.902. The summed E-state index contributed by atoms with van der Waals surface area (Å²) < 4.78 is 26.4. The molecule has 1 aromatic heterocycles. The van der Waals surface area contributed by atoms with Crippen LogP contribution in [0.15, 0.2) is 22.6 Å². The van der Waals surface area contributed by atoms with E-state index in [1.54, 1.807) is 19.1 Å². The van der Waals surface area contributed by atoms with Crippen molar-refractivity contribution < 1.29 is 21.8 Å². The van der Waals surface area contributed by atoms with Crippen LogP contribution < -0.4 is 4.74 Å². The van der Waals surface area contributed by atoms with Crippen LogP contribution in [0.2, 0.25) is 0 Å². The van der Waals surface area contributed by atoms with Crippen molar-refractivity contribution in [3.05, 3.63) is 29.5 Å². The van der Waals surface area contributed by atoms with Crippen LogP contribution in [-0.2, 0) is 0 Å². The van der Waals surface area contributed by atoms with Gasteiger partial charge < -0.3 is 14.3 Å². The molecular formula is C14H14O4. The first-order valence-corrected chi connectivity index (χ1v) is 5.84. The summed E-state index contributed by atoms with van der Waals surface area (Å²) in [7, 11) is 0. The van der Waals surface area contributed by atoms with Crippen molar-refractivity contribution >= 4 is 16.9 Å². The summed E-state index contributed by atoms with van der Waals surface area (Å²) in [5.74, 6) is -0.501. The smallest absolute Gasteiger partial charge is 0.339 e. The minimum atomic E-state index is -1.71. The number of hydrogen-bond acceptors (Lipinski definition) is 3. The van der Waals surface area contributed by atoms with Gasteiger partial charge in [-0.25, -0.2) is 4.79 Å². The third kappa shape index (κ3) is 1.94. The lowest BCUT2D eigenvalue weighted by Gasteiger charge is -2.04. The number of aromatic carboxylic acids is 1. The number of carbonyl (C=O) groups is 1. The molecular weight excluding hydrogens is 232 g/mol. The van der Waals surface area contributed by atoms with E-state index in [2.05, 4.69) is 0 Å². The van der Waals surface area contributed by atoms with E-state index in [9.17, 15) is 9.90 Å². The SMILES string of the molecule is [2H]C([2H])(Oc1ccc2oc(C)c(C(=O)O)c2c1)C1CC1. The van der Waals surface area contributed by atoms with Gasteiger partial charge in [0.25, 0.3) is 0 Å². The van der Waals surface area contributed by atoms with Crippen molar-refractivity contribution in [3.63, 3.8) is 0 Å². The molecule has 0 atom stereocenters. The molecule has 94 valence electrons. The predicted octanol–water partition coefficient (Wildman–Crippen LogP) is 3.23. The maximum atomic E-state index is 11.2. The summed E-state index contributed by atoms with van der Waals surface area (Å²) in [5, 5.41) is 9.63. The summed E-state index contributed by atoms with van der Waals surface area (Å²) in [6.07, 6.45) is 1.64. The Morgan fingerprint density at radius 3 is 3.06 bits per heavy atom. The maximum Gasteiger partial charge on any atom is 0.339 e. The minimum Gasteiger partial charge on any atom is -0.493 e. The highest BCUT2D eigenvalue weighted by atomic mass is 16.5. The summed E-state index contributed by atoms with van der Waals surface area (Å²) >= 11 is 0. The van der Waals surface area contributed by atoms with E-state index in [1.165, 1.54) is 6.07 Å². The molecule has 1 fully saturated rings. The zero-order chi connectivity index (χ0) is 14.5. The van der Waals surface area contributed by atoms with Gasteiger partial charge in [0.2, 0.25) is 0 Å². The predicted molar refractivity (Wildman–Crippen MR) is 66.1 cm³/mol. The number of benzene rings is 1. The van der Waals surface area contributed by atoms with E-state index >= 15 is 0 Å². The third-order valence-corrected chi connectivity index (χ3v) is 2.97. The van der Waals surface area contributed by atoms with E-state index in [-0.39, 0.29) is 11.5 Å². The van der Waals surface area contributed by atoms with Crippen LogP contribution in [0.1, 0.15) is 31.7 Å². The molecule has 3 rings (SSSR count). The zero-order valence-corrected chi connectivity index (χ0v) is 9.90. The molecule has 1 aliphatic carbocycles. The molecule has 0 spiro atoms. The molecule has 1 saturated carbocycles. The lowest BCUT2D eigenvalue weighted by molar-refractivity contribution is 0.0697. The highest BCUT2D eigenvalue weighted by Gasteiger charge is 2.22. The molecule has 0 amide bonds. The van der Waals surface area contributed by atoms with Crippen LogP contribution in [0.25, 0.3) is 11.0 Å². The number of rotatable bonds is 4. The van der Waals surface area contributed by atoms with Crippen molar-refractivity contribution in [2.45, 2.75) is 19.8 Å².